The Bertz CT molecular complexity index is 1370. The summed E-state index contributed by atoms with van der Waals surface area (Å²) in [6.07, 6.45) is -1.82. The summed E-state index contributed by atoms with van der Waals surface area (Å²) < 4.78 is 17.4. The zero-order valence-corrected chi connectivity index (χ0v) is 22.2. The van der Waals surface area contributed by atoms with E-state index in [9.17, 15) is 14.4 Å². The highest BCUT2D eigenvalue weighted by Crippen LogP contribution is 2.42. The highest BCUT2D eigenvalue weighted by atomic mass is 35.5. The van der Waals surface area contributed by atoms with Crippen LogP contribution in [-0.4, -0.2) is 54.2 Å². The van der Waals surface area contributed by atoms with Gasteiger partial charge >= 0.3 is 5.97 Å². The Kier molecular flexibility index (Phi) is 7.52. The van der Waals surface area contributed by atoms with Crippen LogP contribution < -0.4 is 5.32 Å². The molecule has 39 heavy (non-hydrogen) atoms. The number of alkyl halides is 1. The molecule has 2 aliphatic rings. The molecule has 200 valence electrons. The van der Waals surface area contributed by atoms with Crippen molar-refractivity contribution in [1.82, 2.24) is 10.2 Å². The Morgan fingerprint density at radius 1 is 1.03 bits per heavy atom. The molecule has 5 rings (SSSR count). The number of carbonyl (C=O) groups excluding carboxylic acids is 3. The standard InChI is InChI=1S/C30H27ClN2O6/c1-19-13-15-22(16-14-19)26(34)32-30(37-2)28(36)33-24(23(17-31)18-38-29(30)33)27(35)39-25(20-9-5-3-6-10-20)21-11-7-4-8-12-21/h3-16,25,29H,17-18H2,1-2H3,(H,32,34)/t29-,30+/m1/s1. The number of hydrogen-bond acceptors (Lipinski definition) is 6. The van der Waals surface area contributed by atoms with Crippen LogP contribution in [0.1, 0.15) is 33.2 Å². The summed E-state index contributed by atoms with van der Waals surface area (Å²) in [5.41, 5.74) is 1.43. The van der Waals surface area contributed by atoms with Gasteiger partial charge in [0.1, 0.15) is 5.70 Å². The Labute approximate surface area is 231 Å². The zero-order valence-electron chi connectivity index (χ0n) is 21.4. The van der Waals surface area contributed by atoms with E-state index < -0.39 is 35.8 Å². The molecule has 2 aliphatic heterocycles. The van der Waals surface area contributed by atoms with Gasteiger partial charge in [0, 0.05) is 24.1 Å². The van der Waals surface area contributed by atoms with Crippen molar-refractivity contribution in [2.24, 2.45) is 0 Å². The number of nitrogens with zero attached hydrogens (tertiary/aromatic N) is 1. The summed E-state index contributed by atoms with van der Waals surface area (Å²) in [7, 11) is 1.30. The number of carbonyl (C=O) groups is 3. The molecule has 1 saturated heterocycles. The maximum absolute atomic E-state index is 13.7. The molecule has 2 atom stereocenters. The lowest BCUT2D eigenvalue weighted by Crippen LogP contribution is -2.82. The van der Waals surface area contributed by atoms with Gasteiger partial charge in [-0.1, -0.05) is 78.4 Å². The van der Waals surface area contributed by atoms with Crippen molar-refractivity contribution in [3.63, 3.8) is 0 Å². The van der Waals surface area contributed by atoms with Gasteiger partial charge in [-0.05, 0) is 30.2 Å². The number of rotatable bonds is 8. The lowest BCUT2D eigenvalue weighted by atomic mass is 9.93. The minimum Gasteiger partial charge on any atom is -0.448 e. The number of hydrogen-bond donors (Lipinski definition) is 1. The molecule has 0 aliphatic carbocycles. The molecule has 9 heteroatoms. The van der Waals surface area contributed by atoms with Crippen molar-refractivity contribution in [3.8, 4) is 0 Å². The van der Waals surface area contributed by atoms with Crippen molar-refractivity contribution in [2.45, 2.75) is 25.0 Å². The monoisotopic (exact) mass is 546 g/mol. The molecule has 0 radical (unpaired) electrons. The molecule has 1 fully saturated rings. The first kappa shape index (κ1) is 26.6. The number of esters is 1. The summed E-state index contributed by atoms with van der Waals surface area (Å²) in [6, 6.07) is 25.5. The molecule has 2 amide bonds. The molecule has 0 saturated carbocycles. The molecular formula is C30H27ClN2O6. The third kappa shape index (κ3) is 4.83. The van der Waals surface area contributed by atoms with Crippen LogP contribution in [0.25, 0.3) is 0 Å². The van der Waals surface area contributed by atoms with Gasteiger partial charge in [-0.2, -0.15) is 0 Å². The highest BCUT2D eigenvalue weighted by molar-refractivity contribution is 6.20. The predicted molar refractivity (Wildman–Crippen MR) is 144 cm³/mol. The van der Waals surface area contributed by atoms with Crippen molar-refractivity contribution in [1.29, 1.82) is 0 Å². The van der Waals surface area contributed by atoms with E-state index in [-0.39, 0.29) is 18.2 Å². The second kappa shape index (κ2) is 11.0. The number of aryl methyl sites for hydroxylation is 1. The molecule has 0 bridgehead atoms. The van der Waals surface area contributed by atoms with E-state index in [2.05, 4.69) is 5.32 Å². The number of halogens is 1. The average molecular weight is 547 g/mol. The molecular weight excluding hydrogens is 520 g/mol. The van der Waals surface area contributed by atoms with E-state index in [0.29, 0.717) is 11.1 Å². The van der Waals surface area contributed by atoms with E-state index in [1.165, 1.54) is 7.11 Å². The van der Waals surface area contributed by atoms with E-state index in [1.54, 1.807) is 24.3 Å². The summed E-state index contributed by atoms with van der Waals surface area (Å²) in [5.74, 6) is -1.98. The van der Waals surface area contributed by atoms with Crippen molar-refractivity contribution >= 4 is 29.4 Å². The second-order valence-corrected chi connectivity index (χ2v) is 9.56. The zero-order chi connectivity index (χ0) is 27.6. The maximum atomic E-state index is 13.7. The minimum atomic E-state index is -1.82. The molecule has 1 N–H and O–H groups in total. The molecule has 8 nitrogen and oxygen atoms in total. The maximum Gasteiger partial charge on any atom is 0.356 e. The fraction of sp³-hybridized carbons (Fsp3) is 0.233. The highest BCUT2D eigenvalue weighted by Gasteiger charge is 2.67. The molecule has 0 aromatic heterocycles. The smallest absolute Gasteiger partial charge is 0.356 e. The Morgan fingerprint density at radius 3 is 2.15 bits per heavy atom. The van der Waals surface area contributed by atoms with Crippen LogP contribution in [-0.2, 0) is 23.8 Å². The number of ether oxygens (including phenoxy) is 3. The number of methoxy groups -OCH3 is 1. The molecule has 0 spiro atoms. The van der Waals surface area contributed by atoms with E-state index in [1.807, 2.05) is 67.6 Å². The lowest BCUT2D eigenvalue weighted by molar-refractivity contribution is -0.256. The van der Waals surface area contributed by atoms with E-state index in [4.69, 9.17) is 25.8 Å². The van der Waals surface area contributed by atoms with Gasteiger partial charge in [-0.15, -0.1) is 11.6 Å². The Morgan fingerprint density at radius 2 is 1.62 bits per heavy atom. The van der Waals surface area contributed by atoms with Crippen molar-refractivity contribution < 1.29 is 28.6 Å². The quantitative estimate of drug-likeness (QED) is 0.198. The first-order chi connectivity index (χ1) is 18.9. The van der Waals surface area contributed by atoms with Crippen LogP contribution in [0.15, 0.2) is 96.2 Å². The van der Waals surface area contributed by atoms with Crippen LogP contribution in [0.3, 0.4) is 0 Å². The number of fused-ring (bicyclic) bond motifs is 1. The largest absolute Gasteiger partial charge is 0.448 e. The summed E-state index contributed by atoms with van der Waals surface area (Å²) in [6.45, 7) is 1.86. The average Bonchev–Trinajstić information content (AvgIpc) is 2.98. The van der Waals surface area contributed by atoms with Gasteiger partial charge in [0.25, 0.3) is 17.5 Å². The van der Waals surface area contributed by atoms with Crippen LogP contribution in [0.2, 0.25) is 0 Å². The summed E-state index contributed by atoms with van der Waals surface area (Å²) >= 11 is 6.17. The SMILES string of the molecule is CO[C@@]1(NC(=O)c2ccc(C)cc2)C(=O)N2C(C(=O)OC(c3ccccc3)c3ccccc3)=C(CCl)CO[C@@H]21. The van der Waals surface area contributed by atoms with Crippen LogP contribution in [0, 0.1) is 6.92 Å². The first-order valence-corrected chi connectivity index (χ1v) is 12.9. The summed E-state index contributed by atoms with van der Waals surface area (Å²) in [5, 5.41) is 2.66. The van der Waals surface area contributed by atoms with E-state index in [0.717, 1.165) is 21.6 Å². The Balaban J connectivity index is 1.43. The third-order valence-corrected chi connectivity index (χ3v) is 7.15. The predicted octanol–water partition coefficient (Wildman–Crippen LogP) is 4.09. The number of β-lactam (4-membered cyclic amide) rings is 1. The van der Waals surface area contributed by atoms with Gasteiger partial charge in [0.05, 0.1) is 6.61 Å². The van der Waals surface area contributed by atoms with E-state index >= 15 is 0 Å². The molecule has 3 aromatic carbocycles. The normalized spacial score (nSPS) is 20.4. The molecule has 3 aromatic rings. The van der Waals surface area contributed by atoms with Gasteiger partial charge in [-0.3, -0.25) is 14.5 Å². The van der Waals surface area contributed by atoms with Gasteiger partial charge in [0.2, 0.25) is 0 Å². The third-order valence-electron chi connectivity index (χ3n) is 6.83. The van der Waals surface area contributed by atoms with Gasteiger partial charge in [-0.25, -0.2) is 4.79 Å². The molecule has 2 heterocycles. The number of nitrogens with one attached hydrogen (secondary N) is 1. The number of amides is 2. The fourth-order valence-electron chi connectivity index (χ4n) is 4.73. The molecule has 0 unspecified atom stereocenters. The van der Waals surface area contributed by atoms with Crippen molar-refractivity contribution in [2.75, 3.05) is 19.6 Å². The van der Waals surface area contributed by atoms with Crippen molar-refractivity contribution in [3.05, 3.63) is 118 Å². The minimum absolute atomic E-state index is 0.0135. The number of benzene rings is 3. The van der Waals surface area contributed by atoms with Gasteiger partial charge in [0.15, 0.2) is 12.3 Å². The van der Waals surface area contributed by atoms with Crippen LogP contribution >= 0.6 is 11.6 Å². The summed E-state index contributed by atoms with van der Waals surface area (Å²) in [4.78, 5) is 41.5. The van der Waals surface area contributed by atoms with Gasteiger partial charge < -0.3 is 19.5 Å². The van der Waals surface area contributed by atoms with Crippen LogP contribution in [0.4, 0.5) is 0 Å². The topological polar surface area (TPSA) is 94.2 Å². The van der Waals surface area contributed by atoms with Crippen LogP contribution in [0.5, 0.6) is 0 Å². The lowest BCUT2D eigenvalue weighted by Gasteiger charge is -2.55. The second-order valence-electron chi connectivity index (χ2n) is 9.29. The Hall–Kier alpha value is -3.98. The first-order valence-electron chi connectivity index (χ1n) is 12.4. The fourth-order valence-corrected chi connectivity index (χ4v) is 4.93.